The Hall–Kier alpha value is -1.76. The molecule has 0 bridgehead atoms. The summed E-state index contributed by atoms with van der Waals surface area (Å²) >= 11 is 0. The molecule has 0 fully saturated rings. The number of methoxy groups -OCH3 is 2. The molecule has 1 aliphatic rings. The first-order valence-electron chi connectivity index (χ1n) is 7.51. The number of Topliss-reactive ketones (excluding diaryl/α,β-unsaturated/α-hetero) is 1. The van der Waals surface area contributed by atoms with Crippen molar-refractivity contribution in [2.45, 2.75) is 44.9 Å². The number of fused-ring (bicyclic) bond motifs is 1. The van der Waals surface area contributed by atoms with Crippen LogP contribution >= 0.6 is 0 Å². The van der Waals surface area contributed by atoms with Gasteiger partial charge in [-0.2, -0.15) is 0 Å². The zero-order valence-electron chi connectivity index (χ0n) is 15.1. The van der Waals surface area contributed by atoms with Gasteiger partial charge in [-0.3, -0.25) is 0 Å². The third kappa shape index (κ3) is 9.08. The van der Waals surface area contributed by atoms with Gasteiger partial charge in [0.2, 0.25) is 0 Å². The van der Waals surface area contributed by atoms with Gasteiger partial charge in [0, 0.05) is 23.8 Å². The van der Waals surface area contributed by atoms with Gasteiger partial charge in [0.1, 0.15) is 5.78 Å². The van der Waals surface area contributed by atoms with E-state index in [1.807, 2.05) is 0 Å². The van der Waals surface area contributed by atoms with Crippen molar-refractivity contribution in [1.29, 1.82) is 0 Å². The minimum atomic E-state index is 0. The van der Waals surface area contributed by atoms with Crippen molar-refractivity contribution in [3.05, 3.63) is 43.2 Å². The quantitative estimate of drug-likeness (QED) is 0.562. The van der Waals surface area contributed by atoms with Crippen LogP contribution in [0.4, 0.5) is 0 Å². The van der Waals surface area contributed by atoms with Gasteiger partial charge in [-0.05, 0) is 61.8 Å². The fraction of sp³-hybridized carbons (Fsp3) is 0.474. The van der Waals surface area contributed by atoms with Crippen LogP contribution < -0.4 is 9.47 Å². The molecule has 0 aromatic heterocycles. The van der Waals surface area contributed by atoms with Crippen molar-refractivity contribution >= 4 is 5.78 Å². The average molecular weight is 398 g/mol. The molecular weight excluding hydrogens is 376 g/mol. The number of carbonyl (C=O) groups excluding carboxylic acids is 1. The average Bonchev–Trinajstić information content (AvgIpc) is 2.69. The standard InChI is InChI=1S/C16H22O3.3CO.Cr/c1-11(17)7-8-12-5-4-6-13-9-15(18-2)16(19-3)10-14(12)13;3*1-2;/h9-10,12H,4-8H2,1-3H3;;;;/t12-;;;;/m1..../s1. The number of rotatable bonds is 5. The van der Waals surface area contributed by atoms with Crippen molar-refractivity contribution in [2.24, 2.45) is 0 Å². The van der Waals surface area contributed by atoms with Crippen LogP contribution in [0.15, 0.2) is 12.1 Å². The monoisotopic (exact) mass is 398 g/mol. The van der Waals surface area contributed by atoms with Gasteiger partial charge in [0.05, 0.1) is 14.2 Å². The maximum Gasteiger partial charge on any atom is 0 e. The molecule has 0 saturated heterocycles. The van der Waals surface area contributed by atoms with E-state index in [2.05, 4.69) is 32.1 Å². The minimum absolute atomic E-state index is 0. The second-order valence-electron chi connectivity index (χ2n) is 5.24. The predicted molar refractivity (Wildman–Crippen MR) is 86.9 cm³/mol. The Labute approximate surface area is 165 Å². The van der Waals surface area contributed by atoms with E-state index >= 15 is 0 Å². The van der Waals surface area contributed by atoms with Crippen LogP contribution in [0.3, 0.4) is 0 Å². The molecule has 1 atom stereocenters. The molecule has 7 heteroatoms. The van der Waals surface area contributed by atoms with Crippen LogP contribution in [0.5, 0.6) is 11.5 Å². The number of aryl methyl sites for hydroxylation is 1. The Kier molecular flexibility index (Phi) is 20.1. The van der Waals surface area contributed by atoms with E-state index in [1.165, 1.54) is 17.5 Å². The number of benzene rings is 1. The van der Waals surface area contributed by atoms with Crippen molar-refractivity contribution in [3.8, 4) is 11.5 Å². The Morgan fingerprint density at radius 2 is 1.58 bits per heavy atom. The normalized spacial score (nSPS) is 13.2. The van der Waals surface area contributed by atoms with Gasteiger partial charge < -0.3 is 14.3 Å². The first-order chi connectivity index (χ1) is 12.2. The fourth-order valence-electron chi connectivity index (χ4n) is 2.91. The summed E-state index contributed by atoms with van der Waals surface area (Å²) in [6, 6.07) is 4.19. The molecule has 0 unspecified atom stereocenters. The molecule has 0 saturated carbocycles. The summed E-state index contributed by atoms with van der Waals surface area (Å²) in [5.74, 6) is 2.34. The smallest absolute Gasteiger partial charge is 0 e. The first kappa shape index (κ1) is 29.0. The molecule has 0 heterocycles. The Bertz CT molecular complexity index is 577. The molecule has 1 aliphatic carbocycles. The van der Waals surface area contributed by atoms with Crippen LogP contribution in [0.1, 0.15) is 49.7 Å². The van der Waals surface area contributed by atoms with Gasteiger partial charge in [0.25, 0.3) is 0 Å². The summed E-state index contributed by atoms with van der Waals surface area (Å²) < 4.78 is 33.2. The molecule has 0 N–H and O–H groups in total. The molecule has 1 aromatic carbocycles. The summed E-state index contributed by atoms with van der Waals surface area (Å²) in [5, 5.41) is 0. The van der Waals surface area contributed by atoms with Crippen LogP contribution in [-0.4, -0.2) is 20.0 Å². The zero-order valence-corrected chi connectivity index (χ0v) is 16.4. The molecule has 0 aliphatic heterocycles. The van der Waals surface area contributed by atoms with Gasteiger partial charge in [-0.25, -0.2) is 0 Å². The van der Waals surface area contributed by atoms with E-state index in [4.69, 9.17) is 23.4 Å². The van der Waals surface area contributed by atoms with Gasteiger partial charge in [-0.15, -0.1) is 0 Å². The number of carbonyl (C=O) groups is 1. The summed E-state index contributed by atoms with van der Waals surface area (Å²) in [5.41, 5.74) is 2.68. The molecule has 140 valence electrons. The van der Waals surface area contributed by atoms with Crippen molar-refractivity contribution in [1.82, 2.24) is 0 Å². The Balaban J connectivity index is -0.000000686. The summed E-state index contributed by atoms with van der Waals surface area (Å²) in [7, 11) is 3.33. The number of ether oxygens (including phenoxy) is 2. The first-order valence-corrected chi connectivity index (χ1v) is 7.51. The van der Waals surface area contributed by atoms with Crippen LogP contribution in [0.2, 0.25) is 0 Å². The van der Waals surface area contributed by atoms with E-state index in [9.17, 15) is 4.79 Å². The third-order valence-electron chi connectivity index (χ3n) is 3.93. The topological polar surface area (TPSA) is 95.2 Å². The molecule has 0 amide bonds. The Morgan fingerprint density at radius 1 is 1.08 bits per heavy atom. The molecule has 1 aromatic rings. The second kappa shape index (κ2) is 18.0. The number of hydrogen-bond donors (Lipinski definition) is 0. The van der Waals surface area contributed by atoms with Crippen molar-refractivity contribution in [3.63, 3.8) is 0 Å². The number of hydrogen-bond acceptors (Lipinski definition) is 3. The zero-order chi connectivity index (χ0) is 19.8. The molecule has 0 spiro atoms. The largest absolute Gasteiger partial charge is 0 e. The van der Waals surface area contributed by atoms with E-state index in [0.717, 1.165) is 30.8 Å². The van der Waals surface area contributed by atoms with Crippen LogP contribution in [0.25, 0.3) is 0 Å². The maximum absolute atomic E-state index is 11.2. The summed E-state index contributed by atoms with van der Waals surface area (Å²) in [6.07, 6.45) is 5.04. The minimum Gasteiger partial charge on any atom is 0 e. The molecular formula is C19H22CrO6. The van der Waals surface area contributed by atoms with Crippen molar-refractivity contribution in [2.75, 3.05) is 14.2 Å². The maximum atomic E-state index is 11.2. The molecule has 6 nitrogen and oxygen atoms in total. The van der Waals surface area contributed by atoms with E-state index in [1.54, 1.807) is 21.1 Å². The molecule has 0 radical (unpaired) electrons. The molecule has 26 heavy (non-hydrogen) atoms. The number of ketones is 1. The molecule has 2 rings (SSSR count). The van der Waals surface area contributed by atoms with E-state index < -0.39 is 0 Å². The summed E-state index contributed by atoms with van der Waals surface area (Å²) in [4.78, 5) is 11.2. The fourth-order valence-corrected chi connectivity index (χ4v) is 2.91. The third-order valence-corrected chi connectivity index (χ3v) is 3.93. The Morgan fingerprint density at radius 3 is 2.04 bits per heavy atom. The van der Waals surface area contributed by atoms with Crippen molar-refractivity contribution < 1.29 is 45.6 Å². The SMILES string of the molecule is COc1cc2c(cc1OC)[C@@H](CCC(C)=O)CCC2.[C-]#[O+].[C-]#[O+].[C-]#[O+].[Cr]. The predicted octanol–water partition coefficient (Wildman–Crippen LogP) is 3.38. The second-order valence-corrected chi connectivity index (χ2v) is 5.24. The van der Waals surface area contributed by atoms with Crippen LogP contribution in [0, 0.1) is 20.0 Å². The summed E-state index contributed by atoms with van der Waals surface area (Å²) in [6.45, 7) is 15.2. The van der Waals surface area contributed by atoms with Gasteiger partial charge in [0.15, 0.2) is 11.5 Å². The van der Waals surface area contributed by atoms with E-state index in [0.29, 0.717) is 12.3 Å². The van der Waals surface area contributed by atoms with Gasteiger partial charge >= 0.3 is 33.9 Å². The van der Waals surface area contributed by atoms with Gasteiger partial charge in [-0.1, -0.05) is 0 Å². The van der Waals surface area contributed by atoms with Crippen LogP contribution in [-0.2, 0) is 42.5 Å². The van der Waals surface area contributed by atoms with E-state index in [-0.39, 0.29) is 23.1 Å².